The quantitative estimate of drug-likeness (QED) is 0.557. The number of rotatable bonds is 8. The topological polar surface area (TPSA) is 105 Å². The first-order valence-corrected chi connectivity index (χ1v) is 10.8. The van der Waals surface area contributed by atoms with Crippen molar-refractivity contribution in [2.24, 2.45) is 0 Å². The lowest BCUT2D eigenvalue weighted by Crippen LogP contribution is -2.34. The number of aromatic nitrogens is 4. The molecule has 0 bridgehead atoms. The van der Waals surface area contributed by atoms with Crippen LogP contribution in [0, 0.1) is 0 Å². The van der Waals surface area contributed by atoms with E-state index in [1.807, 2.05) is 37.3 Å². The van der Waals surface area contributed by atoms with Crippen LogP contribution in [0.4, 0.5) is 23.4 Å². The number of benzene rings is 1. The number of amides is 1. The van der Waals surface area contributed by atoms with Crippen molar-refractivity contribution in [2.75, 3.05) is 35.8 Å². The minimum atomic E-state index is -0.216. The van der Waals surface area contributed by atoms with Gasteiger partial charge in [0.1, 0.15) is 11.6 Å². The zero-order valence-corrected chi connectivity index (χ0v) is 18.3. The smallest absolute Gasteiger partial charge is 0.255 e. The average Bonchev–Trinajstić information content (AvgIpc) is 3.28. The zero-order valence-electron chi connectivity index (χ0n) is 18.3. The van der Waals surface area contributed by atoms with Crippen LogP contribution in [0.25, 0.3) is 0 Å². The number of aryl methyl sites for hydroxylation is 1. The van der Waals surface area contributed by atoms with Crippen LogP contribution in [0.1, 0.15) is 35.9 Å². The molecule has 0 radical (unpaired) electrons. The second-order valence-electron chi connectivity index (χ2n) is 7.55. The predicted octanol–water partition coefficient (Wildman–Crippen LogP) is 3.44. The van der Waals surface area contributed by atoms with Crippen molar-refractivity contribution in [1.29, 1.82) is 0 Å². The van der Waals surface area contributed by atoms with Crippen molar-refractivity contribution in [1.82, 2.24) is 19.9 Å². The Morgan fingerprint density at radius 1 is 1.19 bits per heavy atom. The van der Waals surface area contributed by atoms with Crippen LogP contribution in [0.5, 0.6) is 0 Å². The zero-order chi connectivity index (χ0) is 22.3. The predicted molar refractivity (Wildman–Crippen MR) is 123 cm³/mol. The summed E-state index contributed by atoms with van der Waals surface area (Å²) < 4.78 is 5.36. The summed E-state index contributed by atoms with van der Waals surface area (Å²) in [6.45, 7) is 3.52. The van der Waals surface area contributed by atoms with E-state index in [-0.39, 0.29) is 11.9 Å². The lowest BCUT2D eigenvalue weighted by atomic mass is 10.2. The molecular weight excluding hydrogens is 406 g/mol. The number of hydrogen-bond acceptors (Lipinski definition) is 8. The van der Waals surface area contributed by atoms with Gasteiger partial charge in [-0.05, 0) is 37.1 Å². The maximum absolute atomic E-state index is 12.6. The largest absolute Gasteiger partial charge is 0.383 e. The molecule has 3 heterocycles. The minimum absolute atomic E-state index is 0.216. The average molecular weight is 434 g/mol. The van der Waals surface area contributed by atoms with E-state index in [1.54, 1.807) is 25.4 Å². The fourth-order valence-electron chi connectivity index (χ4n) is 3.69. The van der Waals surface area contributed by atoms with Gasteiger partial charge in [-0.2, -0.15) is 15.0 Å². The highest BCUT2D eigenvalue weighted by molar-refractivity contribution is 6.04. The van der Waals surface area contributed by atoms with Crippen molar-refractivity contribution in [3.63, 3.8) is 0 Å². The van der Waals surface area contributed by atoms with Gasteiger partial charge < -0.3 is 20.3 Å². The molecule has 2 aromatic heterocycles. The molecule has 1 fully saturated rings. The highest BCUT2D eigenvalue weighted by Gasteiger charge is 2.27. The summed E-state index contributed by atoms with van der Waals surface area (Å²) in [4.78, 5) is 32.9. The van der Waals surface area contributed by atoms with E-state index in [4.69, 9.17) is 4.74 Å². The van der Waals surface area contributed by atoms with Crippen LogP contribution >= 0.6 is 0 Å². The number of ether oxygens (including phenoxy) is 1. The number of hydrogen-bond donors (Lipinski definition) is 2. The fraction of sp³-hybridized carbons (Fsp3) is 0.348. The number of carbonyl (C=O) groups excluding carboxylic acids is 1. The number of para-hydroxylation sites is 1. The molecule has 4 rings (SSSR count). The molecule has 1 aliphatic rings. The molecule has 0 spiro atoms. The standard InChI is InChI=1S/C23H27N7O2/c1-3-19-26-22(29-23(28-19)30-13-7-10-18(30)15-32-2)27-20-14-16(11-12-24-20)21(31)25-17-8-5-4-6-9-17/h4-6,8-9,11-12,14,18H,3,7,10,13,15H2,1-2H3,(H,25,31)(H,24,26,27,28,29). The molecule has 32 heavy (non-hydrogen) atoms. The third kappa shape index (κ3) is 5.17. The Morgan fingerprint density at radius 2 is 2.03 bits per heavy atom. The Labute approximate surface area is 187 Å². The Bertz CT molecular complexity index is 1060. The first-order valence-electron chi connectivity index (χ1n) is 10.8. The SMILES string of the molecule is CCc1nc(Nc2cc(C(=O)Nc3ccccc3)ccn2)nc(N2CCCC2COC)n1. The molecule has 1 amide bonds. The number of nitrogens with zero attached hydrogens (tertiary/aromatic N) is 5. The van der Waals surface area contributed by atoms with Crippen molar-refractivity contribution in [2.45, 2.75) is 32.2 Å². The molecule has 1 atom stereocenters. The number of nitrogens with one attached hydrogen (secondary N) is 2. The summed E-state index contributed by atoms with van der Waals surface area (Å²) in [7, 11) is 1.71. The molecule has 166 valence electrons. The number of pyridine rings is 1. The third-order valence-corrected chi connectivity index (χ3v) is 5.27. The van der Waals surface area contributed by atoms with Gasteiger partial charge in [0.2, 0.25) is 11.9 Å². The van der Waals surface area contributed by atoms with Gasteiger partial charge in [-0.15, -0.1) is 0 Å². The van der Waals surface area contributed by atoms with E-state index in [9.17, 15) is 4.79 Å². The highest BCUT2D eigenvalue weighted by atomic mass is 16.5. The Balaban J connectivity index is 1.53. The van der Waals surface area contributed by atoms with Gasteiger partial charge in [0.05, 0.1) is 12.6 Å². The summed E-state index contributed by atoms with van der Waals surface area (Å²) >= 11 is 0. The van der Waals surface area contributed by atoms with Crippen LogP contribution in [0.3, 0.4) is 0 Å². The lowest BCUT2D eigenvalue weighted by Gasteiger charge is -2.24. The fourth-order valence-corrected chi connectivity index (χ4v) is 3.69. The van der Waals surface area contributed by atoms with Crippen molar-refractivity contribution in [3.8, 4) is 0 Å². The Morgan fingerprint density at radius 3 is 2.81 bits per heavy atom. The third-order valence-electron chi connectivity index (χ3n) is 5.27. The van der Waals surface area contributed by atoms with Gasteiger partial charge in [-0.25, -0.2) is 4.98 Å². The molecule has 2 N–H and O–H groups in total. The minimum Gasteiger partial charge on any atom is -0.383 e. The second kappa shape index (κ2) is 10.1. The Hall–Kier alpha value is -3.59. The van der Waals surface area contributed by atoms with Gasteiger partial charge in [0.25, 0.3) is 5.91 Å². The summed E-state index contributed by atoms with van der Waals surface area (Å²) in [6.07, 6.45) is 4.38. The first-order chi connectivity index (χ1) is 15.7. The summed E-state index contributed by atoms with van der Waals surface area (Å²) in [5, 5.41) is 6.01. The van der Waals surface area contributed by atoms with Gasteiger partial charge in [0.15, 0.2) is 0 Å². The number of methoxy groups -OCH3 is 1. The van der Waals surface area contributed by atoms with E-state index >= 15 is 0 Å². The molecule has 0 saturated carbocycles. The maximum Gasteiger partial charge on any atom is 0.255 e. The molecule has 1 saturated heterocycles. The molecule has 9 nitrogen and oxygen atoms in total. The molecule has 0 aliphatic carbocycles. The molecule has 1 unspecified atom stereocenters. The molecular formula is C23H27N7O2. The normalized spacial score (nSPS) is 15.6. The van der Waals surface area contributed by atoms with Gasteiger partial charge in [-0.1, -0.05) is 25.1 Å². The summed E-state index contributed by atoms with van der Waals surface area (Å²) in [6, 6.07) is 12.9. The van der Waals surface area contributed by atoms with Crippen LogP contribution in [0.15, 0.2) is 48.7 Å². The number of anilines is 4. The van der Waals surface area contributed by atoms with Gasteiger partial charge >= 0.3 is 0 Å². The summed E-state index contributed by atoms with van der Waals surface area (Å²) in [5.74, 6) is 2.00. The highest BCUT2D eigenvalue weighted by Crippen LogP contribution is 2.24. The number of carbonyl (C=O) groups is 1. The van der Waals surface area contributed by atoms with Crippen LogP contribution in [-0.2, 0) is 11.2 Å². The van der Waals surface area contributed by atoms with E-state index in [2.05, 4.69) is 35.5 Å². The lowest BCUT2D eigenvalue weighted by molar-refractivity contribution is 0.102. The van der Waals surface area contributed by atoms with Crippen LogP contribution in [-0.4, -0.2) is 52.1 Å². The van der Waals surface area contributed by atoms with E-state index < -0.39 is 0 Å². The van der Waals surface area contributed by atoms with E-state index in [0.29, 0.717) is 42.1 Å². The first kappa shape index (κ1) is 21.6. The van der Waals surface area contributed by atoms with Crippen molar-refractivity contribution in [3.05, 3.63) is 60.0 Å². The molecule has 1 aromatic carbocycles. The maximum atomic E-state index is 12.6. The molecule has 9 heteroatoms. The van der Waals surface area contributed by atoms with Crippen LogP contribution in [0.2, 0.25) is 0 Å². The molecule has 3 aromatic rings. The van der Waals surface area contributed by atoms with E-state index in [1.165, 1.54) is 0 Å². The van der Waals surface area contributed by atoms with Crippen LogP contribution < -0.4 is 15.5 Å². The van der Waals surface area contributed by atoms with Crippen molar-refractivity contribution >= 4 is 29.3 Å². The van der Waals surface area contributed by atoms with E-state index in [0.717, 1.165) is 25.1 Å². The monoisotopic (exact) mass is 433 g/mol. The Kier molecular flexibility index (Phi) is 6.86. The summed E-state index contributed by atoms with van der Waals surface area (Å²) in [5.41, 5.74) is 1.21. The second-order valence-corrected chi connectivity index (χ2v) is 7.55. The molecule has 1 aliphatic heterocycles. The van der Waals surface area contributed by atoms with Gasteiger partial charge in [-0.3, -0.25) is 4.79 Å². The van der Waals surface area contributed by atoms with Gasteiger partial charge in [0, 0.05) is 37.5 Å². The van der Waals surface area contributed by atoms with Crippen molar-refractivity contribution < 1.29 is 9.53 Å².